The van der Waals surface area contributed by atoms with Crippen molar-refractivity contribution >= 4 is 23.2 Å². The molecule has 0 fully saturated rings. The molecule has 7 N–H and O–H groups in total. The molecular formula is C22H23ClN8O. The van der Waals surface area contributed by atoms with E-state index in [0.717, 1.165) is 0 Å². The second-order valence-electron chi connectivity index (χ2n) is 7.61. The number of hydrazine groups is 1. The molecule has 0 saturated heterocycles. The van der Waals surface area contributed by atoms with E-state index in [0.29, 0.717) is 33.9 Å². The van der Waals surface area contributed by atoms with Gasteiger partial charge in [0.2, 0.25) is 5.95 Å². The van der Waals surface area contributed by atoms with E-state index >= 15 is 0 Å². The molecule has 0 bridgehead atoms. The van der Waals surface area contributed by atoms with E-state index in [-0.39, 0.29) is 23.2 Å². The third-order valence-corrected chi connectivity index (χ3v) is 4.92. The number of nitriles is 1. The fraction of sp³-hybridized carbons (Fsp3) is 0.182. The summed E-state index contributed by atoms with van der Waals surface area (Å²) in [5.41, 5.74) is 14.1. The maximum absolute atomic E-state index is 10.1. The Labute approximate surface area is 190 Å². The van der Waals surface area contributed by atoms with Gasteiger partial charge >= 0.3 is 0 Å². The molecule has 0 unspecified atom stereocenters. The number of hydrogen-bond donors (Lipinski definition) is 4. The number of halogens is 1. The first-order valence-corrected chi connectivity index (χ1v) is 9.97. The summed E-state index contributed by atoms with van der Waals surface area (Å²) in [6, 6.07) is 14.0. The van der Waals surface area contributed by atoms with Crippen LogP contribution in [-0.2, 0) is 12.1 Å². The number of hydrogen-bond acceptors (Lipinski definition) is 9. The topological polar surface area (TPSA) is 164 Å². The van der Waals surface area contributed by atoms with Gasteiger partial charge in [0.25, 0.3) is 0 Å². The van der Waals surface area contributed by atoms with Crippen molar-refractivity contribution in [1.29, 1.82) is 5.26 Å². The third-order valence-electron chi connectivity index (χ3n) is 4.52. The van der Waals surface area contributed by atoms with Crippen molar-refractivity contribution in [3.8, 4) is 17.3 Å². The van der Waals surface area contributed by atoms with Crippen LogP contribution in [0, 0.1) is 11.3 Å². The van der Waals surface area contributed by atoms with Crippen LogP contribution in [0.5, 0.6) is 0 Å². The van der Waals surface area contributed by atoms with E-state index in [1.165, 1.54) is 11.2 Å². The first-order valence-electron chi connectivity index (χ1n) is 9.60. The van der Waals surface area contributed by atoms with Crippen molar-refractivity contribution in [2.24, 2.45) is 11.6 Å². The monoisotopic (exact) mass is 450 g/mol. The van der Waals surface area contributed by atoms with E-state index in [4.69, 9.17) is 28.9 Å². The molecule has 0 aliphatic carbocycles. The lowest BCUT2D eigenvalue weighted by Gasteiger charge is -2.19. The first-order chi connectivity index (χ1) is 15.1. The zero-order chi connectivity index (χ0) is 23.5. The van der Waals surface area contributed by atoms with Crippen molar-refractivity contribution in [2.75, 3.05) is 5.73 Å². The summed E-state index contributed by atoms with van der Waals surface area (Å²) in [7, 11) is 0. The predicted molar refractivity (Wildman–Crippen MR) is 123 cm³/mol. The lowest BCUT2D eigenvalue weighted by atomic mass is 10.0. The number of nitrogen functional groups attached to an aromatic ring is 1. The summed E-state index contributed by atoms with van der Waals surface area (Å²) in [4.78, 5) is 12.8. The molecule has 10 heteroatoms. The number of pyridine rings is 1. The van der Waals surface area contributed by atoms with Gasteiger partial charge in [-0.1, -0.05) is 29.8 Å². The largest absolute Gasteiger partial charge is 0.396 e. The zero-order valence-electron chi connectivity index (χ0n) is 17.6. The number of benzene rings is 1. The Hall–Kier alpha value is -3.71. The highest BCUT2D eigenvalue weighted by molar-refractivity contribution is 6.34. The fourth-order valence-corrected chi connectivity index (χ4v) is 3.22. The SMILES string of the molecule is CC(C)(O)c1cccc(CN(N)/C=C(\N)c2cc(-c3cccc(C#N)c3Cl)nc(N)n2)n1. The molecule has 0 atom stereocenters. The van der Waals surface area contributed by atoms with E-state index in [1.807, 2.05) is 6.07 Å². The standard InChI is InChI=1S/C22H23ClN8O/c1-22(2,32)19-8-4-6-14(28-19)11-31(27)12-16(25)18-9-17(29-21(26)30-18)15-7-3-5-13(10-24)20(15)23/h3-9,12,32H,11,25,27H2,1-2H3,(H2,26,29,30)/b16-12-. The van der Waals surface area contributed by atoms with Crippen LogP contribution in [0.4, 0.5) is 5.95 Å². The molecule has 0 spiro atoms. The van der Waals surface area contributed by atoms with Crippen molar-refractivity contribution in [3.05, 3.63) is 76.3 Å². The maximum Gasteiger partial charge on any atom is 0.221 e. The van der Waals surface area contributed by atoms with Crippen LogP contribution < -0.4 is 17.3 Å². The van der Waals surface area contributed by atoms with Gasteiger partial charge in [0.1, 0.15) is 11.7 Å². The van der Waals surface area contributed by atoms with Gasteiger partial charge in [-0.2, -0.15) is 5.26 Å². The average molecular weight is 451 g/mol. The number of anilines is 1. The lowest BCUT2D eigenvalue weighted by Crippen LogP contribution is -2.27. The Bertz CT molecular complexity index is 1210. The number of aliphatic hydroxyl groups is 1. The highest BCUT2D eigenvalue weighted by atomic mass is 35.5. The van der Waals surface area contributed by atoms with Crippen LogP contribution in [-0.4, -0.2) is 25.1 Å². The van der Waals surface area contributed by atoms with Gasteiger partial charge in [0.05, 0.1) is 45.6 Å². The Morgan fingerprint density at radius 2 is 1.94 bits per heavy atom. The number of rotatable bonds is 6. The van der Waals surface area contributed by atoms with Crippen molar-refractivity contribution in [2.45, 2.75) is 26.0 Å². The van der Waals surface area contributed by atoms with Crippen LogP contribution in [0.2, 0.25) is 5.02 Å². The highest BCUT2D eigenvalue weighted by Gasteiger charge is 2.18. The summed E-state index contributed by atoms with van der Waals surface area (Å²) in [5.74, 6) is 6.09. The Morgan fingerprint density at radius 3 is 2.62 bits per heavy atom. The summed E-state index contributed by atoms with van der Waals surface area (Å²) in [5, 5.41) is 21.0. The van der Waals surface area contributed by atoms with Gasteiger partial charge in [-0.3, -0.25) is 4.98 Å². The predicted octanol–water partition coefficient (Wildman–Crippen LogP) is 2.51. The molecule has 0 radical (unpaired) electrons. The second kappa shape index (κ2) is 9.20. The van der Waals surface area contributed by atoms with Crippen LogP contribution in [0.3, 0.4) is 0 Å². The second-order valence-corrected chi connectivity index (χ2v) is 7.98. The van der Waals surface area contributed by atoms with Crippen LogP contribution >= 0.6 is 11.6 Å². The van der Waals surface area contributed by atoms with Crippen molar-refractivity contribution in [3.63, 3.8) is 0 Å². The van der Waals surface area contributed by atoms with Gasteiger partial charge in [-0.25, -0.2) is 15.8 Å². The smallest absolute Gasteiger partial charge is 0.221 e. The summed E-state index contributed by atoms with van der Waals surface area (Å²) < 4.78 is 0. The first kappa shape index (κ1) is 23.0. The molecular weight excluding hydrogens is 428 g/mol. The number of nitrogens with two attached hydrogens (primary N) is 3. The van der Waals surface area contributed by atoms with E-state index < -0.39 is 5.60 Å². The minimum absolute atomic E-state index is 0.00426. The van der Waals surface area contributed by atoms with E-state index in [1.54, 1.807) is 56.3 Å². The Balaban J connectivity index is 1.88. The van der Waals surface area contributed by atoms with E-state index in [9.17, 15) is 10.4 Å². The van der Waals surface area contributed by atoms with Crippen molar-refractivity contribution in [1.82, 2.24) is 20.0 Å². The molecule has 3 aromatic rings. The average Bonchev–Trinajstić information content (AvgIpc) is 2.73. The summed E-state index contributed by atoms with van der Waals surface area (Å²) in [6.45, 7) is 3.56. The number of aromatic nitrogens is 3. The highest BCUT2D eigenvalue weighted by Crippen LogP contribution is 2.30. The molecule has 2 heterocycles. The van der Waals surface area contributed by atoms with E-state index in [2.05, 4.69) is 15.0 Å². The molecule has 3 rings (SSSR count). The molecule has 1 aromatic carbocycles. The quantitative estimate of drug-likeness (QED) is 0.326. The Kier molecular flexibility index (Phi) is 6.60. The lowest BCUT2D eigenvalue weighted by molar-refractivity contribution is 0.0735. The molecule has 0 amide bonds. The maximum atomic E-state index is 10.1. The third kappa shape index (κ3) is 5.31. The normalized spacial score (nSPS) is 11.8. The van der Waals surface area contributed by atoms with Crippen LogP contribution in [0.25, 0.3) is 17.0 Å². The van der Waals surface area contributed by atoms with Gasteiger partial charge in [0.15, 0.2) is 0 Å². The molecule has 2 aromatic heterocycles. The molecule has 0 aliphatic rings. The van der Waals surface area contributed by atoms with Gasteiger partial charge in [-0.05, 0) is 38.1 Å². The Morgan fingerprint density at radius 1 is 1.22 bits per heavy atom. The zero-order valence-corrected chi connectivity index (χ0v) is 18.4. The van der Waals surface area contributed by atoms with Gasteiger partial charge in [-0.15, -0.1) is 0 Å². The molecule has 9 nitrogen and oxygen atoms in total. The molecule has 0 aliphatic heterocycles. The van der Waals surface area contributed by atoms with Crippen molar-refractivity contribution < 1.29 is 5.11 Å². The molecule has 32 heavy (non-hydrogen) atoms. The molecule has 0 saturated carbocycles. The van der Waals surface area contributed by atoms with Crippen LogP contribution in [0.15, 0.2) is 48.7 Å². The summed E-state index contributed by atoms with van der Waals surface area (Å²) in [6.07, 6.45) is 1.50. The van der Waals surface area contributed by atoms with Crippen LogP contribution in [0.1, 0.15) is 36.5 Å². The van der Waals surface area contributed by atoms with Gasteiger partial charge < -0.3 is 21.6 Å². The minimum atomic E-state index is -1.07. The molecule has 164 valence electrons. The number of nitrogens with zero attached hydrogens (tertiary/aromatic N) is 5. The summed E-state index contributed by atoms with van der Waals surface area (Å²) >= 11 is 6.32. The minimum Gasteiger partial charge on any atom is -0.396 e. The fourth-order valence-electron chi connectivity index (χ4n) is 2.95. The van der Waals surface area contributed by atoms with Gasteiger partial charge in [0, 0.05) is 11.8 Å².